The van der Waals surface area contributed by atoms with Gasteiger partial charge in [-0.05, 0) is 64.9 Å². The lowest BCUT2D eigenvalue weighted by Gasteiger charge is -2.47. The van der Waals surface area contributed by atoms with Crippen LogP contribution in [0.2, 0.25) is 0 Å². The van der Waals surface area contributed by atoms with E-state index < -0.39 is 11.6 Å². The molecule has 0 radical (unpaired) electrons. The molecule has 3 rings (SSSR count). The van der Waals surface area contributed by atoms with Crippen LogP contribution in [0.1, 0.15) is 74.1 Å². The third-order valence-electron chi connectivity index (χ3n) is 7.90. The molecule has 0 aromatic heterocycles. The Bertz CT molecular complexity index is 885. The molecule has 0 bridgehead atoms. The molecule has 196 valence electrons. The SMILES string of the molecule is COC(=O)C1CC(NC(C)(C)C)CCC1N1CC[C@H](NC(=O)N2C=CC=CC2(C)C(C)(C)C)C1=O. The number of rotatable bonds is 4. The summed E-state index contributed by atoms with van der Waals surface area (Å²) in [5.41, 5.74) is -0.789. The summed E-state index contributed by atoms with van der Waals surface area (Å²) in [5, 5.41) is 6.57. The third kappa shape index (κ3) is 5.74. The van der Waals surface area contributed by atoms with Gasteiger partial charge in [-0.1, -0.05) is 32.9 Å². The second-order valence-electron chi connectivity index (χ2n) is 12.4. The van der Waals surface area contributed by atoms with Crippen molar-refractivity contribution in [3.63, 3.8) is 0 Å². The highest BCUT2D eigenvalue weighted by Gasteiger charge is 2.47. The zero-order chi connectivity index (χ0) is 26.2. The summed E-state index contributed by atoms with van der Waals surface area (Å²) in [7, 11) is 1.40. The van der Waals surface area contributed by atoms with Gasteiger partial charge in [0.05, 0.1) is 18.6 Å². The Labute approximate surface area is 210 Å². The molecule has 1 aliphatic carbocycles. The number of amides is 3. The maximum Gasteiger partial charge on any atom is 0.322 e. The van der Waals surface area contributed by atoms with Gasteiger partial charge in [0, 0.05) is 30.4 Å². The molecule has 0 spiro atoms. The molecule has 1 saturated heterocycles. The van der Waals surface area contributed by atoms with Crippen LogP contribution in [-0.2, 0) is 14.3 Å². The number of allylic oxidation sites excluding steroid dienone is 2. The minimum Gasteiger partial charge on any atom is -0.469 e. The summed E-state index contributed by atoms with van der Waals surface area (Å²) < 4.78 is 5.12. The molecule has 2 fully saturated rings. The van der Waals surface area contributed by atoms with Crippen LogP contribution in [0.15, 0.2) is 24.4 Å². The summed E-state index contributed by atoms with van der Waals surface area (Å²) in [6.45, 7) is 15.2. The fourth-order valence-electron chi connectivity index (χ4n) is 5.56. The van der Waals surface area contributed by atoms with E-state index in [0.29, 0.717) is 19.4 Å². The Morgan fingerprint density at radius 2 is 1.77 bits per heavy atom. The van der Waals surface area contributed by atoms with Crippen LogP contribution >= 0.6 is 0 Å². The number of urea groups is 1. The first kappa shape index (κ1) is 27.2. The van der Waals surface area contributed by atoms with Crippen molar-refractivity contribution in [2.24, 2.45) is 11.3 Å². The Kier molecular flexibility index (Phi) is 7.75. The lowest BCUT2D eigenvalue weighted by Crippen LogP contribution is -2.59. The second kappa shape index (κ2) is 9.96. The minimum atomic E-state index is -0.602. The number of carbonyl (C=O) groups is 3. The van der Waals surface area contributed by atoms with Gasteiger partial charge < -0.3 is 20.3 Å². The number of esters is 1. The Hall–Kier alpha value is -2.35. The van der Waals surface area contributed by atoms with Gasteiger partial charge in [0.1, 0.15) is 6.04 Å². The number of methoxy groups -OCH3 is 1. The van der Waals surface area contributed by atoms with Crippen LogP contribution in [0.4, 0.5) is 4.79 Å². The molecule has 1 saturated carbocycles. The highest BCUT2D eigenvalue weighted by Crippen LogP contribution is 2.39. The maximum absolute atomic E-state index is 13.4. The van der Waals surface area contributed by atoms with Crippen molar-refractivity contribution in [3.8, 4) is 0 Å². The number of likely N-dealkylation sites (tertiary alicyclic amines) is 1. The van der Waals surface area contributed by atoms with Gasteiger partial charge in [0.15, 0.2) is 0 Å². The van der Waals surface area contributed by atoms with Gasteiger partial charge in [-0.15, -0.1) is 0 Å². The summed E-state index contributed by atoms with van der Waals surface area (Å²) in [4.78, 5) is 42.9. The average Bonchev–Trinajstić information content (AvgIpc) is 3.11. The molecule has 5 atom stereocenters. The van der Waals surface area contributed by atoms with Crippen molar-refractivity contribution in [1.82, 2.24) is 20.4 Å². The summed E-state index contributed by atoms with van der Waals surface area (Å²) in [6.07, 6.45) is 10.3. The lowest BCUT2D eigenvalue weighted by atomic mass is 9.73. The quantitative estimate of drug-likeness (QED) is 0.590. The minimum absolute atomic E-state index is 0.0589. The number of nitrogens with one attached hydrogen (secondary N) is 2. The summed E-state index contributed by atoms with van der Waals surface area (Å²) >= 11 is 0. The third-order valence-corrected chi connectivity index (χ3v) is 7.90. The van der Waals surface area contributed by atoms with Gasteiger partial charge in [0.25, 0.3) is 0 Å². The molecule has 2 heterocycles. The van der Waals surface area contributed by atoms with Crippen LogP contribution in [-0.4, -0.2) is 70.6 Å². The molecule has 35 heavy (non-hydrogen) atoms. The molecule has 4 unspecified atom stereocenters. The fourth-order valence-corrected chi connectivity index (χ4v) is 5.56. The Morgan fingerprint density at radius 1 is 1.09 bits per heavy atom. The Morgan fingerprint density at radius 3 is 2.37 bits per heavy atom. The van der Waals surface area contributed by atoms with E-state index in [-0.39, 0.29) is 46.9 Å². The van der Waals surface area contributed by atoms with Crippen LogP contribution in [0.25, 0.3) is 0 Å². The van der Waals surface area contributed by atoms with Gasteiger partial charge in [-0.25, -0.2) is 4.79 Å². The number of ether oxygens (including phenoxy) is 1. The highest BCUT2D eigenvalue weighted by atomic mass is 16.5. The zero-order valence-corrected chi connectivity index (χ0v) is 22.7. The number of hydrogen-bond donors (Lipinski definition) is 2. The number of nitrogens with zero attached hydrogens (tertiary/aromatic N) is 2. The van der Waals surface area contributed by atoms with Crippen LogP contribution in [0, 0.1) is 11.3 Å². The predicted molar refractivity (Wildman–Crippen MR) is 136 cm³/mol. The number of hydrogen-bond acceptors (Lipinski definition) is 5. The lowest BCUT2D eigenvalue weighted by molar-refractivity contribution is -0.151. The number of carbonyl (C=O) groups excluding carboxylic acids is 3. The van der Waals surface area contributed by atoms with Gasteiger partial charge in [-0.2, -0.15) is 0 Å². The molecule has 2 N–H and O–H groups in total. The van der Waals surface area contributed by atoms with Crippen molar-refractivity contribution in [2.75, 3.05) is 13.7 Å². The van der Waals surface area contributed by atoms with E-state index in [4.69, 9.17) is 4.74 Å². The first-order chi connectivity index (χ1) is 16.2. The summed E-state index contributed by atoms with van der Waals surface area (Å²) in [5.74, 6) is -0.776. The monoisotopic (exact) mass is 488 g/mol. The second-order valence-corrected chi connectivity index (χ2v) is 12.4. The van der Waals surface area contributed by atoms with E-state index in [1.807, 2.05) is 25.2 Å². The topological polar surface area (TPSA) is 91.0 Å². The highest BCUT2D eigenvalue weighted by molar-refractivity contribution is 5.90. The van der Waals surface area contributed by atoms with E-state index in [1.54, 1.807) is 16.0 Å². The summed E-state index contributed by atoms with van der Waals surface area (Å²) in [6, 6.07) is -0.911. The fraction of sp³-hybridized carbons (Fsp3) is 0.741. The molecule has 0 aromatic carbocycles. The molecule has 2 aliphatic heterocycles. The van der Waals surface area contributed by atoms with Crippen molar-refractivity contribution in [3.05, 3.63) is 24.4 Å². The first-order valence-electron chi connectivity index (χ1n) is 12.8. The van der Waals surface area contributed by atoms with Gasteiger partial charge in [0.2, 0.25) is 5.91 Å². The smallest absolute Gasteiger partial charge is 0.322 e. The van der Waals surface area contributed by atoms with Crippen LogP contribution in [0.5, 0.6) is 0 Å². The van der Waals surface area contributed by atoms with Gasteiger partial charge >= 0.3 is 12.0 Å². The average molecular weight is 489 g/mol. The molecule has 0 aromatic rings. The van der Waals surface area contributed by atoms with Crippen molar-refractivity contribution in [1.29, 1.82) is 0 Å². The molecular formula is C27H44N4O4. The normalized spacial score (nSPS) is 31.6. The standard InChI is InChI=1S/C27H44N4O4/c1-25(2,3)27(7)14-9-10-15-31(27)24(34)28-20-13-16-30(22(20)32)21-12-11-18(29-26(4,5)6)17-19(21)23(33)35-8/h9-10,14-15,18-21,29H,11-13,16-17H2,1-8H3,(H,28,34)/t18?,19?,20-,21?,27?/m0/s1. The van der Waals surface area contributed by atoms with Gasteiger partial charge in [-0.3, -0.25) is 14.5 Å². The molecular weight excluding hydrogens is 444 g/mol. The van der Waals surface area contributed by atoms with E-state index in [2.05, 4.69) is 52.2 Å². The Balaban J connectivity index is 1.70. The maximum atomic E-state index is 13.4. The van der Waals surface area contributed by atoms with Crippen molar-refractivity contribution in [2.45, 2.75) is 103 Å². The predicted octanol–water partition coefficient (Wildman–Crippen LogP) is 3.59. The molecule has 3 aliphatic rings. The van der Waals surface area contributed by atoms with Crippen LogP contribution in [0.3, 0.4) is 0 Å². The molecule has 3 amide bonds. The molecule has 8 heteroatoms. The van der Waals surface area contributed by atoms with Crippen molar-refractivity contribution < 1.29 is 19.1 Å². The van der Waals surface area contributed by atoms with E-state index in [9.17, 15) is 14.4 Å². The first-order valence-corrected chi connectivity index (χ1v) is 12.8. The van der Waals surface area contributed by atoms with E-state index in [0.717, 1.165) is 12.8 Å². The largest absolute Gasteiger partial charge is 0.469 e. The molecule has 8 nitrogen and oxygen atoms in total. The van der Waals surface area contributed by atoms with E-state index in [1.165, 1.54) is 7.11 Å². The van der Waals surface area contributed by atoms with E-state index >= 15 is 0 Å². The van der Waals surface area contributed by atoms with Crippen molar-refractivity contribution >= 4 is 17.9 Å². The zero-order valence-electron chi connectivity index (χ0n) is 22.7. The van der Waals surface area contributed by atoms with Crippen LogP contribution < -0.4 is 10.6 Å².